The highest BCUT2D eigenvalue weighted by molar-refractivity contribution is 7.32. The Morgan fingerprint density at radius 1 is 0.694 bits per heavy atom. The minimum absolute atomic E-state index is 0.118. The lowest BCUT2D eigenvalue weighted by molar-refractivity contribution is -0.395. The first-order chi connectivity index (χ1) is 17.2. The van der Waals surface area contributed by atoms with Crippen LogP contribution in [0.25, 0.3) is 21.6 Å². The first-order valence-corrected chi connectivity index (χ1v) is 11.8. The third-order valence-corrected chi connectivity index (χ3v) is 8.26. The fourth-order valence-corrected chi connectivity index (χ4v) is 6.85. The number of benzene rings is 3. The Morgan fingerprint density at radius 3 is 1.64 bits per heavy atom. The van der Waals surface area contributed by atoms with Crippen molar-refractivity contribution < 1.29 is 19.7 Å². The fraction of sp³-hybridized carbons (Fsp3) is 0.0455. The zero-order chi connectivity index (χ0) is 25.7. The van der Waals surface area contributed by atoms with E-state index in [9.17, 15) is 40.5 Å². The van der Waals surface area contributed by atoms with Crippen LogP contribution in [-0.4, -0.2) is 19.7 Å². The summed E-state index contributed by atoms with van der Waals surface area (Å²) in [4.78, 5) is 44.7. The topological polar surface area (TPSA) is 173 Å². The van der Waals surface area contributed by atoms with Crippen LogP contribution in [0.2, 0.25) is 0 Å². The molecule has 0 fully saturated rings. The van der Waals surface area contributed by atoms with Gasteiger partial charge in [-0.15, -0.1) is 0 Å². The number of rotatable bonds is 6. The van der Waals surface area contributed by atoms with Gasteiger partial charge in [0.1, 0.15) is 5.38 Å². The average Bonchev–Trinajstić information content (AvgIpc) is 3.45. The summed E-state index contributed by atoms with van der Waals surface area (Å²) in [6.07, 6.45) is 0. The van der Waals surface area contributed by atoms with Gasteiger partial charge in [0.05, 0.1) is 71.5 Å². The minimum atomic E-state index is -0.903. The van der Waals surface area contributed by atoms with Crippen molar-refractivity contribution in [3.05, 3.63) is 116 Å². The van der Waals surface area contributed by atoms with Crippen LogP contribution in [0, 0.1) is 40.5 Å². The lowest BCUT2D eigenvalue weighted by atomic mass is 9.98. The van der Waals surface area contributed by atoms with E-state index < -0.39 is 48.4 Å². The molecule has 3 aromatic carbocycles. The van der Waals surface area contributed by atoms with Gasteiger partial charge < -0.3 is 0 Å². The predicted molar refractivity (Wildman–Crippen MR) is 131 cm³/mol. The summed E-state index contributed by atoms with van der Waals surface area (Å²) in [6.45, 7) is 0. The summed E-state index contributed by atoms with van der Waals surface area (Å²) in [5, 5.41) is 48.9. The second kappa shape index (κ2) is 8.51. The summed E-state index contributed by atoms with van der Waals surface area (Å²) in [5.41, 5.74) is -1.63. The van der Waals surface area contributed by atoms with Crippen molar-refractivity contribution in [3.8, 4) is 21.6 Å². The highest BCUT2D eigenvalue weighted by Gasteiger charge is 2.46. The van der Waals surface area contributed by atoms with E-state index in [1.807, 2.05) is 35.7 Å². The van der Waals surface area contributed by atoms with E-state index in [1.165, 1.54) is 22.7 Å². The van der Waals surface area contributed by atoms with Crippen molar-refractivity contribution in [1.29, 1.82) is 0 Å². The first-order valence-electron chi connectivity index (χ1n) is 10.1. The number of non-ortho nitro benzene ring substituents is 2. The zero-order valence-corrected chi connectivity index (χ0v) is 19.4. The predicted octanol–water partition coefficient (Wildman–Crippen LogP) is 6.55. The van der Waals surface area contributed by atoms with Crippen molar-refractivity contribution in [2.24, 2.45) is 0 Å². The Kier molecular flexibility index (Phi) is 5.45. The average molecular weight is 523 g/mol. The number of hydrogen-bond acceptors (Lipinski definition) is 9. The Labute approximate surface area is 208 Å². The van der Waals surface area contributed by atoms with Gasteiger partial charge >= 0.3 is 0 Å². The maximum absolute atomic E-state index is 11.9. The molecule has 0 atom stereocenters. The third kappa shape index (κ3) is 3.64. The van der Waals surface area contributed by atoms with E-state index >= 15 is 0 Å². The van der Waals surface area contributed by atoms with Crippen LogP contribution in [0.3, 0.4) is 0 Å². The molecule has 1 heterocycles. The SMILES string of the molecule is O=[N+]([O-])c1cc2c(c([N+](=O)[O-])c1)-c1c(cc([N+](=O)[O-])cc1[N+](=O)[O-])C2c1sc(-c2ccccc2)c[s+]1. The summed E-state index contributed by atoms with van der Waals surface area (Å²) in [7, 11) is 0. The molecule has 12 nitrogen and oxygen atoms in total. The standard InChI is InChI=1S/C22H11N4O8S2/c27-23(28)12-6-14-19(22-35-10-18(36-22)11-4-2-1-3-5-11)15-7-13(24(29)30)9-17(26(33)34)21(15)20(14)16(8-12)25(31)32/h1-10,19H/q+1. The van der Waals surface area contributed by atoms with Crippen LogP contribution in [0.15, 0.2) is 60.0 Å². The Balaban J connectivity index is 1.86. The largest absolute Gasteiger partial charge is 0.284 e. The van der Waals surface area contributed by atoms with Crippen LogP contribution < -0.4 is 0 Å². The van der Waals surface area contributed by atoms with Gasteiger partial charge in [-0.05, 0) is 11.1 Å². The van der Waals surface area contributed by atoms with Gasteiger partial charge in [-0.3, -0.25) is 40.5 Å². The molecule has 4 aromatic rings. The molecule has 1 aromatic heterocycles. The molecular formula is C22H11N4O8S2+. The second-order valence-corrected chi connectivity index (χ2v) is 9.96. The third-order valence-electron chi connectivity index (χ3n) is 5.74. The highest BCUT2D eigenvalue weighted by Crippen LogP contribution is 2.58. The number of nitro groups is 4. The number of fused-ring (bicyclic) bond motifs is 3. The van der Waals surface area contributed by atoms with Crippen molar-refractivity contribution in [1.82, 2.24) is 0 Å². The molecule has 5 rings (SSSR count). The molecular weight excluding hydrogens is 512 g/mol. The number of nitro benzene ring substituents is 4. The van der Waals surface area contributed by atoms with E-state index in [0.717, 1.165) is 34.7 Å². The molecule has 1 aliphatic rings. The zero-order valence-electron chi connectivity index (χ0n) is 17.7. The van der Waals surface area contributed by atoms with E-state index in [2.05, 4.69) is 0 Å². The van der Waals surface area contributed by atoms with Gasteiger partial charge in [-0.2, -0.15) is 0 Å². The van der Waals surface area contributed by atoms with Gasteiger partial charge in [-0.1, -0.05) is 30.3 Å². The van der Waals surface area contributed by atoms with Crippen LogP contribution >= 0.6 is 22.7 Å². The Hall–Kier alpha value is -4.69. The van der Waals surface area contributed by atoms with E-state index in [4.69, 9.17) is 0 Å². The first kappa shape index (κ1) is 23.1. The summed E-state index contributed by atoms with van der Waals surface area (Å²) in [6, 6.07) is 13.1. The molecule has 36 heavy (non-hydrogen) atoms. The van der Waals surface area contributed by atoms with Gasteiger partial charge in [0.25, 0.3) is 26.9 Å². The van der Waals surface area contributed by atoms with Crippen LogP contribution in [0.4, 0.5) is 22.7 Å². The quantitative estimate of drug-likeness (QED) is 0.137. The van der Waals surface area contributed by atoms with Gasteiger partial charge in [-0.25, -0.2) is 0 Å². The minimum Gasteiger partial charge on any atom is -0.258 e. The lowest BCUT2D eigenvalue weighted by Crippen LogP contribution is -2.00. The fourth-order valence-electron chi connectivity index (χ4n) is 4.31. The molecule has 0 aliphatic heterocycles. The van der Waals surface area contributed by atoms with Crippen LogP contribution in [0.5, 0.6) is 0 Å². The Morgan fingerprint density at radius 2 is 1.19 bits per heavy atom. The highest BCUT2D eigenvalue weighted by atomic mass is 32.2. The van der Waals surface area contributed by atoms with Crippen molar-refractivity contribution in [2.45, 2.75) is 5.92 Å². The molecule has 0 spiro atoms. The molecule has 0 saturated heterocycles. The molecule has 0 saturated carbocycles. The smallest absolute Gasteiger partial charge is 0.258 e. The summed E-state index contributed by atoms with van der Waals surface area (Å²) in [5.74, 6) is -0.903. The molecule has 14 heteroatoms. The maximum atomic E-state index is 11.9. The molecule has 0 amide bonds. The molecule has 0 unspecified atom stereocenters. The molecule has 1 aliphatic carbocycles. The maximum Gasteiger partial charge on any atom is 0.284 e. The van der Waals surface area contributed by atoms with E-state index in [0.29, 0.717) is 4.19 Å². The Bertz CT molecular complexity index is 1540. The molecule has 178 valence electrons. The molecule has 0 N–H and O–H groups in total. The second-order valence-electron chi connectivity index (χ2n) is 7.71. The van der Waals surface area contributed by atoms with E-state index in [1.54, 1.807) is 0 Å². The molecule has 0 radical (unpaired) electrons. The number of nitrogens with zero attached hydrogens (tertiary/aromatic N) is 4. The van der Waals surface area contributed by atoms with Crippen molar-refractivity contribution in [3.63, 3.8) is 0 Å². The van der Waals surface area contributed by atoms with Crippen molar-refractivity contribution >= 4 is 45.4 Å². The lowest BCUT2D eigenvalue weighted by Gasteiger charge is -2.06. The number of hydrogen-bond donors (Lipinski definition) is 0. The monoisotopic (exact) mass is 523 g/mol. The van der Waals surface area contributed by atoms with E-state index in [-0.39, 0.29) is 22.3 Å². The van der Waals surface area contributed by atoms with Crippen LogP contribution in [-0.2, 0) is 0 Å². The van der Waals surface area contributed by atoms with Gasteiger partial charge in [0.15, 0.2) is 4.88 Å². The summed E-state index contributed by atoms with van der Waals surface area (Å²) < 4.78 is 0.610. The van der Waals surface area contributed by atoms with Crippen molar-refractivity contribution in [2.75, 3.05) is 0 Å². The van der Waals surface area contributed by atoms with Crippen LogP contribution in [0.1, 0.15) is 21.2 Å². The molecule has 0 bridgehead atoms. The van der Waals surface area contributed by atoms with Gasteiger partial charge in [0.2, 0.25) is 0 Å². The van der Waals surface area contributed by atoms with Gasteiger partial charge in [0, 0.05) is 17.7 Å². The summed E-state index contributed by atoms with van der Waals surface area (Å²) >= 11 is 2.57. The normalized spacial score (nSPS) is 12.1.